The quantitative estimate of drug-likeness (QED) is 0.752. The lowest BCUT2D eigenvalue weighted by molar-refractivity contribution is -0.133. The molecular weight excluding hydrogens is 322 g/mol. The van der Waals surface area contributed by atoms with Gasteiger partial charge in [0.15, 0.2) is 11.0 Å². The average Bonchev–Trinajstić information content (AvgIpc) is 2.99. The Balaban J connectivity index is 2.07. The molecule has 2 aromatic rings. The van der Waals surface area contributed by atoms with Crippen molar-refractivity contribution in [2.75, 3.05) is 5.75 Å². The van der Waals surface area contributed by atoms with Gasteiger partial charge in [-0.05, 0) is 18.6 Å². The molecule has 2 N–H and O–H groups in total. The maximum absolute atomic E-state index is 10.6. The molecule has 20 heavy (non-hydrogen) atoms. The number of thiophene rings is 1. The van der Waals surface area contributed by atoms with Gasteiger partial charge < -0.3 is 14.8 Å². The van der Waals surface area contributed by atoms with Crippen molar-refractivity contribution in [3.05, 3.63) is 27.2 Å². The van der Waals surface area contributed by atoms with E-state index in [0.29, 0.717) is 17.5 Å². The highest BCUT2D eigenvalue weighted by Crippen LogP contribution is 2.23. The Morgan fingerprint density at radius 2 is 2.25 bits per heavy atom. The predicted octanol–water partition coefficient (Wildman–Crippen LogP) is 1.90. The number of hydrogen-bond acceptors (Lipinski definition) is 6. The number of aromatic nitrogens is 3. The summed E-state index contributed by atoms with van der Waals surface area (Å²) in [4.78, 5) is 11.7. The number of aryl methyl sites for hydroxylation is 1. The first kappa shape index (κ1) is 15.3. The van der Waals surface area contributed by atoms with E-state index in [0.717, 1.165) is 27.4 Å². The van der Waals surface area contributed by atoms with Gasteiger partial charge in [-0.1, -0.05) is 23.4 Å². The molecule has 0 fully saturated rings. The summed E-state index contributed by atoms with van der Waals surface area (Å²) in [7, 11) is 0. The van der Waals surface area contributed by atoms with Gasteiger partial charge in [0.05, 0.1) is 10.1 Å². The van der Waals surface area contributed by atoms with Crippen LogP contribution in [0.5, 0.6) is 0 Å². The van der Waals surface area contributed by atoms with Gasteiger partial charge in [0.2, 0.25) is 0 Å². The number of carboxylic acids is 1. The fourth-order valence-electron chi connectivity index (χ4n) is 1.60. The van der Waals surface area contributed by atoms with Crippen LogP contribution in [0.1, 0.15) is 10.7 Å². The van der Waals surface area contributed by atoms with Crippen LogP contribution >= 0.6 is 34.7 Å². The van der Waals surface area contributed by atoms with Gasteiger partial charge in [-0.3, -0.25) is 4.79 Å². The van der Waals surface area contributed by atoms with E-state index in [1.54, 1.807) is 4.57 Å². The first-order chi connectivity index (χ1) is 9.60. The Morgan fingerprint density at radius 1 is 1.45 bits per heavy atom. The van der Waals surface area contributed by atoms with Crippen LogP contribution in [-0.2, 0) is 24.4 Å². The molecular formula is C11H12ClN3O3S2. The largest absolute Gasteiger partial charge is 0.481 e. The molecule has 0 aliphatic rings. The summed E-state index contributed by atoms with van der Waals surface area (Å²) in [6.07, 6.45) is 0.725. The second-order valence-corrected chi connectivity index (χ2v) is 6.59. The number of aliphatic hydroxyl groups excluding tert-OH is 1. The minimum absolute atomic E-state index is 0.0889. The first-order valence-electron chi connectivity index (χ1n) is 5.72. The zero-order valence-electron chi connectivity index (χ0n) is 10.3. The molecule has 0 spiro atoms. The fraction of sp³-hybridized carbons (Fsp3) is 0.364. The highest BCUT2D eigenvalue weighted by atomic mass is 35.5. The maximum atomic E-state index is 10.6. The summed E-state index contributed by atoms with van der Waals surface area (Å²) >= 11 is 8.46. The summed E-state index contributed by atoms with van der Waals surface area (Å²) in [5.74, 6) is -0.574. The third kappa shape index (κ3) is 3.95. The minimum atomic E-state index is -0.917. The third-order valence-corrected chi connectivity index (χ3v) is 4.71. The summed E-state index contributed by atoms with van der Waals surface area (Å²) in [5.41, 5.74) is 0. The van der Waals surface area contributed by atoms with Gasteiger partial charge in [-0.25, -0.2) is 0 Å². The number of aliphatic hydroxyl groups is 1. The van der Waals surface area contributed by atoms with Crippen LogP contribution < -0.4 is 0 Å². The van der Waals surface area contributed by atoms with Crippen molar-refractivity contribution >= 4 is 40.7 Å². The van der Waals surface area contributed by atoms with Crippen molar-refractivity contribution in [1.29, 1.82) is 0 Å². The Morgan fingerprint density at radius 3 is 2.85 bits per heavy atom. The highest BCUT2D eigenvalue weighted by Gasteiger charge is 2.13. The number of carbonyl (C=O) groups is 1. The van der Waals surface area contributed by atoms with Crippen LogP contribution in [-0.4, -0.2) is 36.7 Å². The maximum Gasteiger partial charge on any atom is 0.313 e. The Hall–Kier alpha value is -1.09. The third-order valence-electron chi connectivity index (χ3n) is 2.47. The van der Waals surface area contributed by atoms with Gasteiger partial charge in [-0.15, -0.1) is 21.5 Å². The summed E-state index contributed by atoms with van der Waals surface area (Å²) in [6, 6.07) is 3.78. The fourth-order valence-corrected chi connectivity index (χ4v) is 3.38. The molecule has 108 valence electrons. The number of aliphatic carboxylic acids is 1. The number of nitrogens with zero attached hydrogens (tertiary/aromatic N) is 3. The molecule has 0 aliphatic heterocycles. The molecule has 0 aliphatic carbocycles. The zero-order valence-corrected chi connectivity index (χ0v) is 12.7. The van der Waals surface area contributed by atoms with Gasteiger partial charge in [0.1, 0.15) is 6.61 Å². The number of carboxylic acid groups (broad SMARTS) is 1. The Labute approximate surface area is 128 Å². The molecule has 2 rings (SSSR count). The standard InChI is InChI=1S/C11H12ClN3O3S2/c12-8-2-1-7(20-8)3-4-15-9(5-16)13-14-11(15)19-6-10(17)18/h1-2,16H,3-6H2,(H,17,18). The van der Waals surface area contributed by atoms with Gasteiger partial charge >= 0.3 is 5.97 Å². The number of halogens is 1. The lowest BCUT2D eigenvalue weighted by Gasteiger charge is -2.07. The molecule has 0 saturated heterocycles. The number of thioether (sulfide) groups is 1. The molecule has 0 bridgehead atoms. The van der Waals surface area contributed by atoms with E-state index in [-0.39, 0.29) is 12.4 Å². The van der Waals surface area contributed by atoms with E-state index in [9.17, 15) is 9.90 Å². The van der Waals surface area contributed by atoms with Crippen molar-refractivity contribution < 1.29 is 15.0 Å². The molecule has 0 unspecified atom stereocenters. The predicted molar refractivity (Wildman–Crippen MR) is 77.3 cm³/mol. The molecule has 0 atom stereocenters. The summed E-state index contributed by atoms with van der Waals surface area (Å²) < 4.78 is 2.47. The molecule has 0 saturated carbocycles. The van der Waals surface area contributed by atoms with Crippen LogP contribution in [0.4, 0.5) is 0 Å². The van der Waals surface area contributed by atoms with Crippen LogP contribution in [0.2, 0.25) is 4.34 Å². The lowest BCUT2D eigenvalue weighted by Crippen LogP contribution is -2.08. The van der Waals surface area contributed by atoms with Crippen molar-refractivity contribution in [2.24, 2.45) is 0 Å². The van der Waals surface area contributed by atoms with Gasteiger partial charge in [-0.2, -0.15) is 0 Å². The van der Waals surface area contributed by atoms with E-state index < -0.39 is 5.97 Å². The molecule has 0 amide bonds. The van der Waals surface area contributed by atoms with Gasteiger partial charge in [0.25, 0.3) is 0 Å². The van der Waals surface area contributed by atoms with Crippen molar-refractivity contribution in [2.45, 2.75) is 24.7 Å². The summed E-state index contributed by atoms with van der Waals surface area (Å²) in [6.45, 7) is 0.341. The van der Waals surface area contributed by atoms with E-state index in [1.165, 1.54) is 11.3 Å². The molecule has 2 heterocycles. The highest BCUT2D eigenvalue weighted by molar-refractivity contribution is 7.99. The molecule has 0 radical (unpaired) electrons. The van der Waals surface area contributed by atoms with Gasteiger partial charge in [0, 0.05) is 11.4 Å². The normalized spacial score (nSPS) is 10.9. The molecule has 6 nitrogen and oxygen atoms in total. The Bertz CT molecular complexity index is 600. The molecule has 0 aromatic carbocycles. The van der Waals surface area contributed by atoms with Crippen molar-refractivity contribution in [3.63, 3.8) is 0 Å². The lowest BCUT2D eigenvalue weighted by atomic mass is 10.3. The van der Waals surface area contributed by atoms with Crippen molar-refractivity contribution in [1.82, 2.24) is 14.8 Å². The van der Waals surface area contributed by atoms with E-state index in [2.05, 4.69) is 10.2 Å². The smallest absolute Gasteiger partial charge is 0.313 e. The van der Waals surface area contributed by atoms with E-state index in [4.69, 9.17) is 16.7 Å². The SMILES string of the molecule is O=C(O)CSc1nnc(CO)n1CCc1ccc(Cl)s1. The monoisotopic (exact) mass is 333 g/mol. The summed E-state index contributed by atoms with van der Waals surface area (Å²) in [5, 5.41) is 26.2. The van der Waals surface area contributed by atoms with Crippen LogP contribution in [0.3, 0.4) is 0 Å². The second kappa shape index (κ2) is 7.07. The number of hydrogen-bond donors (Lipinski definition) is 2. The van der Waals surface area contributed by atoms with Crippen LogP contribution in [0, 0.1) is 0 Å². The van der Waals surface area contributed by atoms with E-state index >= 15 is 0 Å². The van der Waals surface area contributed by atoms with Crippen LogP contribution in [0.15, 0.2) is 17.3 Å². The molecule has 9 heteroatoms. The Kier molecular flexibility index (Phi) is 5.41. The average molecular weight is 334 g/mol. The minimum Gasteiger partial charge on any atom is -0.481 e. The van der Waals surface area contributed by atoms with Crippen LogP contribution in [0.25, 0.3) is 0 Å². The van der Waals surface area contributed by atoms with E-state index in [1.807, 2.05) is 12.1 Å². The van der Waals surface area contributed by atoms with Crippen molar-refractivity contribution in [3.8, 4) is 0 Å². The second-order valence-electron chi connectivity index (χ2n) is 3.85. The topological polar surface area (TPSA) is 88.2 Å². The number of rotatable bonds is 7. The molecule has 2 aromatic heterocycles. The first-order valence-corrected chi connectivity index (χ1v) is 7.90. The zero-order chi connectivity index (χ0) is 14.5.